The van der Waals surface area contributed by atoms with Gasteiger partial charge in [0.15, 0.2) is 0 Å². The smallest absolute Gasteiger partial charge is 0.417 e. The van der Waals surface area contributed by atoms with Crippen LogP contribution in [0.5, 0.6) is 5.75 Å². The second-order valence-electron chi connectivity index (χ2n) is 7.51. The number of carbonyl (C=O) groups excluding carboxylic acids is 1. The van der Waals surface area contributed by atoms with Gasteiger partial charge in [0.2, 0.25) is 0 Å². The molecular formula is C22H20F3N5O2. The maximum Gasteiger partial charge on any atom is 0.417 e. The zero-order chi connectivity index (χ0) is 22.9. The van der Waals surface area contributed by atoms with Crippen LogP contribution in [-0.2, 0) is 6.18 Å². The van der Waals surface area contributed by atoms with Gasteiger partial charge in [0, 0.05) is 23.5 Å². The SMILES string of the molecule is Cc1ccc(C(=O)Nc2cncc(C(F)(F)F)c2)cc1N1CC(Oc2cncc(N)c2)C1. The van der Waals surface area contributed by atoms with E-state index >= 15 is 0 Å². The molecule has 1 fully saturated rings. The standard InChI is InChI=1S/C22H20F3N5O2/c1-13-2-3-14(21(31)29-17-5-15(7-27-9-17)22(23,24)25)4-20(13)30-11-19(12-30)32-18-6-16(26)8-28-10-18/h2-10,19H,11-12,26H2,1H3,(H,29,31). The Bertz CT molecular complexity index is 1150. The Kier molecular flexibility index (Phi) is 5.60. The van der Waals surface area contributed by atoms with E-state index < -0.39 is 17.6 Å². The zero-order valence-electron chi connectivity index (χ0n) is 17.1. The number of aromatic nitrogens is 2. The summed E-state index contributed by atoms with van der Waals surface area (Å²) in [5.41, 5.74) is 7.42. The fourth-order valence-corrected chi connectivity index (χ4v) is 3.36. The quantitative estimate of drug-likeness (QED) is 0.621. The summed E-state index contributed by atoms with van der Waals surface area (Å²) in [5.74, 6) is 0.0701. The van der Waals surface area contributed by atoms with Crippen LogP contribution >= 0.6 is 0 Å². The van der Waals surface area contributed by atoms with Gasteiger partial charge < -0.3 is 20.7 Å². The predicted octanol–water partition coefficient (Wildman–Crippen LogP) is 3.91. The van der Waals surface area contributed by atoms with Crippen molar-refractivity contribution < 1.29 is 22.7 Å². The number of carbonyl (C=O) groups is 1. The molecule has 0 radical (unpaired) electrons. The average molecular weight is 443 g/mol. The monoisotopic (exact) mass is 443 g/mol. The summed E-state index contributed by atoms with van der Waals surface area (Å²) in [6.07, 6.45) is 0.425. The Morgan fingerprint density at radius 3 is 2.59 bits per heavy atom. The third-order valence-electron chi connectivity index (χ3n) is 5.02. The van der Waals surface area contributed by atoms with Gasteiger partial charge in [0.25, 0.3) is 5.91 Å². The largest absolute Gasteiger partial charge is 0.485 e. The van der Waals surface area contributed by atoms with Crippen LogP contribution in [0.2, 0.25) is 0 Å². The molecule has 0 atom stereocenters. The first-order valence-electron chi connectivity index (χ1n) is 9.75. The molecule has 166 valence electrons. The number of pyridine rings is 2. The number of aryl methyl sites for hydroxylation is 1. The highest BCUT2D eigenvalue weighted by atomic mass is 19.4. The molecule has 32 heavy (non-hydrogen) atoms. The molecule has 1 saturated heterocycles. The van der Waals surface area contributed by atoms with Crippen molar-refractivity contribution in [3.63, 3.8) is 0 Å². The Morgan fingerprint density at radius 1 is 1.12 bits per heavy atom. The number of ether oxygens (including phenoxy) is 1. The minimum absolute atomic E-state index is 0.0277. The number of alkyl halides is 3. The van der Waals surface area contributed by atoms with Crippen molar-refractivity contribution in [3.05, 3.63) is 71.8 Å². The van der Waals surface area contributed by atoms with E-state index in [4.69, 9.17) is 10.5 Å². The molecule has 4 rings (SSSR count). The number of nitrogens with two attached hydrogens (primary N) is 1. The molecular weight excluding hydrogens is 423 g/mol. The Hall–Kier alpha value is -3.82. The maximum atomic E-state index is 12.9. The molecule has 1 aliphatic heterocycles. The molecule has 0 unspecified atom stereocenters. The minimum atomic E-state index is -4.54. The zero-order valence-corrected chi connectivity index (χ0v) is 17.1. The summed E-state index contributed by atoms with van der Waals surface area (Å²) in [6.45, 7) is 3.14. The van der Waals surface area contributed by atoms with Gasteiger partial charge in [-0.2, -0.15) is 13.2 Å². The topological polar surface area (TPSA) is 93.4 Å². The number of benzene rings is 1. The first-order valence-corrected chi connectivity index (χ1v) is 9.75. The van der Waals surface area contributed by atoms with E-state index in [1.165, 1.54) is 12.4 Å². The first kappa shape index (κ1) is 21.4. The van der Waals surface area contributed by atoms with Crippen LogP contribution < -0.4 is 20.7 Å². The highest BCUT2D eigenvalue weighted by Gasteiger charge is 2.32. The molecule has 1 aromatic carbocycles. The van der Waals surface area contributed by atoms with Crippen molar-refractivity contribution in [2.24, 2.45) is 0 Å². The van der Waals surface area contributed by atoms with Crippen LogP contribution in [0.25, 0.3) is 0 Å². The van der Waals surface area contributed by atoms with Crippen LogP contribution in [0.4, 0.5) is 30.2 Å². The number of nitrogens with one attached hydrogen (secondary N) is 1. The van der Waals surface area contributed by atoms with Crippen LogP contribution in [0.15, 0.2) is 55.1 Å². The maximum absolute atomic E-state index is 12.9. The summed E-state index contributed by atoms with van der Waals surface area (Å²) in [7, 11) is 0. The molecule has 2 aromatic heterocycles. The predicted molar refractivity (Wildman–Crippen MR) is 114 cm³/mol. The molecule has 1 aliphatic rings. The van der Waals surface area contributed by atoms with E-state index in [1.807, 2.05) is 6.92 Å². The fraction of sp³-hybridized carbons (Fsp3) is 0.227. The van der Waals surface area contributed by atoms with Crippen molar-refractivity contribution in [2.75, 3.05) is 29.0 Å². The number of halogens is 3. The second kappa shape index (κ2) is 8.37. The van der Waals surface area contributed by atoms with E-state index in [0.717, 1.165) is 17.3 Å². The fourth-order valence-electron chi connectivity index (χ4n) is 3.36. The normalized spacial score (nSPS) is 14.1. The molecule has 1 amide bonds. The van der Waals surface area contributed by atoms with Gasteiger partial charge in [-0.1, -0.05) is 6.07 Å². The van der Waals surface area contributed by atoms with E-state index in [9.17, 15) is 18.0 Å². The third-order valence-corrected chi connectivity index (χ3v) is 5.02. The van der Waals surface area contributed by atoms with Crippen LogP contribution in [0.3, 0.4) is 0 Å². The number of nitrogens with zero attached hydrogens (tertiary/aromatic N) is 3. The van der Waals surface area contributed by atoms with E-state index in [-0.39, 0.29) is 11.8 Å². The van der Waals surface area contributed by atoms with Crippen LogP contribution in [0, 0.1) is 6.92 Å². The number of hydrogen-bond acceptors (Lipinski definition) is 6. The number of amides is 1. The van der Waals surface area contributed by atoms with Crippen molar-refractivity contribution in [1.29, 1.82) is 0 Å². The molecule has 0 aliphatic carbocycles. The summed E-state index contributed by atoms with van der Waals surface area (Å²) in [4.78, 5) is 22.2. The summed E-state index contributed by atoms with van der Waals surface area (Å²) in [6, 6.07) is 7.69. The van der Waals surface area contributed by atoms with Crippen LogP contribution in [-0.4, -0.2) is 35.1 Å². The minimum Gasteiger partial charge on any atom is -0.485 e. The lowest BCUT2D eigenvalue weighted by Crippen LogP contribution is -2.54. The van der Waals surface area contributed by atoms with Crippen LogP contribution in [0.1, 0.15) is 21.5 Å². The molecule has 0 bridgehead atoms. The lowest BCUT2D eigenvalue weighted by atomic mass is 10.0. The van der Waals surface area contributed by atoms with Crippen molar-refractivity contribution in [3.8, 4) is 5.75 Å². The molecule has 0 saturated carbocycles. The molecule has 3 N–H and O–H groups in total. The molecule has 7 nitrogen and oxygen atoms in total. The Balaban J connectivity index is 1.42. The lowest BCUT2D eigenvalue weighted by molar-refractivity contribution is -0.137. The summed E-state index contributed by atoms with van der Waals surface area (Å²) in [5, 5.41) is 2.48. The van der Waals surface area contributed by atoms with Gasteiger partial charge >= 0.3 is 6.18 Å². The summed E-state index contributed by atoms with van der Waals surface area (Å²) < 4.78 is 44.5. The van der Waals surface area contributed by atoms with Crippen molar-refractivity contribution in [1.82, 2.24) is 9.97 Å². The number of hydrogen-bond donors (Lipinski definition) is 2. The van der Waals surface area contributed by atoms with E-state index in [1.54, 1.807) is 30.5 Å². The average Bonchev–Trinajstić information content (AvgIpc) is 2.71. The number of nitrogen functional groups attached to an aromatic ring is 1. The first-order chi connectivity index (χ1) is 15.2. The van der Waals surface area contributed by atoms with Gasteiger partial charge in [-0.15, -0.1) is 0 Å². The van der Waals surface area contributed by atoms with Gasteiger partial charge in [-0.3, -0.25) is 14.8 Å². The summed E-state index contributed by atoms with van der Waals surface area (Å²) >= 11 is 0. The van der Waals surface area contributed by atoms with Crippen molar-refractivity contribution >= 4 is 23.0 Å². The number of rotatable bonds is 5. The Labute approximate surface area is 182 Å². The molecule has 3 aromatic rings. The van der Waals surface area contributed by atoms with E-state index in [2.05, 4.69) is 20.2 Å². The van der Waals surface area contributed by atoms with Gasteiger partial charge in [-0.25, -0.2) is 0 Å². The highest BCUT2D eigenvalue weighted by Crippen LogP contribution is 2.31. The Morgan fingerprint density at radius 2 is 1.88 bits per heavy atom. The van der Waals surface area contributed by atoms with Gasteiger partial charge in [0.1, 0.15) is 11.9 Å². The van der Waals surface area contributed by atoms with Gasteiger partial charge in [-0.05, 0) is 30.7 Å². The highest BCUT2D eigenvalue weighted by molar-refractivity contribution is 6.05. The van der Waals surface area contributed by atoms with Crippen molar-refractivity contribution in [2.45, 2.75) is 19.2 Å². The third kappa shape index (κ3) is 4.74. The van der Waals surface area contributed by atoms with Gasteiger partial charge in [0.05, 0.1) is 48.6 Å². The lowest BCUT2D eigenvalue weighted by Gasteiger charge is -2.41. The molecule has 0 spiro atoms. The molecule has 3 heterocycles. The molecule has 10 heteroatoms. The van der Waals surface area contributed by atoms with E-state index in [0.29, 0.717) is 36.3 Å². The number of anilines is 3. The second-order valence-corrected chi connectivity index (χ2v) is 7.51.